The summed E-state index contributed by atoms with van der Waals surface area (Å²) in [6.07, 6.45) is 3.85. The molecule has 0 spiro atoms. The fraction of sp³-hybridized carbons (Fsp3) is 0.625. The maximum atomic E-state index is 11.8. The maximum absolute atomic E-state index is 11.8. The van der Waals surface area contributed by atoms with Crippen molar-refractivity contribution >= 4 is 11.7 Å². The third kappa shape index (κ3) is 3.86. The molecule has 0 N–H and O–H groups in total. The van der Waals surface area contributed by atoms with Crippen molar-refractivity contribution in [3.05, 3.63) is 18.3 Å². The summed E-state index contributed by atoms with van der Waals surface area (Å²) in [5.41, 5.74) is 1.11. The molecule has 1 aliphatic rings. The quantitative estimate of drug-likeness (QED) is 0.780. The van der Waals surface area contributed by atoms with Gasteiger partial charge in [0.15, 0.2) is 0 Å². The van der Waals surface area contributed by atoms with Crippen LogP contribution in [0.3, 0.4) is 0 Å². The topological polar surface area (TPSA) is 51.7 Å². The molecule has 0 saturated carbocycles. The number of nitrogens with zero attached hydrogens (tertiary/aromatic N) is 2. The zero-order chi connectivity index (χ0) is 15.2. The van der Waals surface area contributed by atoms with E-state index in [1.165, 1.54) is 0 Å². The summed E-state index contributed by atoms with van der Waals surface area (Å²) in [5.74, 6) is 0.958. The Morgan fingerprint density at radius 1 is 1.43 bits per heavy atom. The summed E-state index contributed by atoms with van der Waals surface area (Å²) in [7, 11) is 1.62. The highest BCUT2D eigenvalue weighted by atomic mass is 16.5. The lowest BCUT2D eigenvalue weighted by atomic mass is 9.85. The van der Waals surface area contributed by atoms with Crippen molar-refractivity contribution in [3.63, 3.8) is 0 Å². The number of aromatic nitrogens is 1. The predicted molar refractivity (Wildman–Crippen MR) is 81.5 cm³/mol. The molecule has 2 rings (SSSR count). The number of anilines is 1. The van der Waals surface area contributed by atoms with E-state index in [1.807, 2.05) is 32.2 Å². The summed E-state index contributed by atoms with van der Waals surface area (Å²) >= 11 is 0. The van der Waals surface area contributed by atoms with E-state index in [4.69, 9.17) is 9.47 Å². The summed E-state index contributed by atoms with van der Waals surface area (Å²) in [6, 6.07) is 3.91. The van der Waals surface area contributed by atoms with Crippen molar-refractivity contribution in [1.82, 2.24) is 4.98 Å². The number of carbonyl (C=O) groups excluding carboxylic acids is 1. The van der Waals surface area contributed by atoms with Crippen LogP contribution in [0, 0.1) is 11.8 Å². The number of pyridine rings is 1. The molecular formula is C16H24N2O3. The van der Waals surface area contributed by atoms with E-state index in [-0.39, 0.29) is 11.9 Å². The van der Waals surface area contributed by atoms with Crippen LogP contribution in [-0.2, 0) is 9.53 Å². The normalized spacial score (nSPS) is 17.4. The molecule has 1 aromatic rings. The second kappa shape index (κ2) is 7.29. The van der Waals surface area contributed by atoms with Gasteiger partial charge in [0.2, 0.25) is 5.88 Å². The van der Waals surface area contributed by atoms with E-state index in [2.05, 4.69) is 9.88 Å². The minimum absolute atomic E-state index is 0.0129. The van der Waals surface area contributed by atoms with Crippen LogP contribution in [-0.4, -0.2) is 37.8 Å². The number of piperidine rings is 1. The van der Waals surface area contributed by atoms with Crippen LogP contribution in [0.2, 0.25) is 0 Å². The van der Waals surface area contributed by atoms with Crippen molar-refractivity contribution < 1.29 is 14.3 Å². The number of carbonyl (C=O) groups is 1. The van der Waals surface area contributed by atoms with Crippen molar-refractivity contribution in [3.8, 4) is 5.88 Å². The van der Waals surface area contributed by atoms with Crippen molar-refractivity contribution in [2.45, 2.75) is 26.7 Å². The molecular weight excluding hydrogens is 268 g/mol. The standard InChI is InChI=1S/C16H24N2O3/c1-4-21-16(19)12(2)13-7-9-18(10-8-13)14-5-6-15(20-3)17-11-14/h5-6,11-13H,4,7-10H2,1-3H3. The molecule has 1 unspecified atom stereocenters. The van der Waals surface area contributed by atoms with Gasteiger partial charge in [0, 0.05) is 19.2 Å². The van der Waals surface area contributed by atoms with Crippen LogP contribution in [0.4, 0.5) is 5.69 Å². The summed E-state index contributed by atoms with van der Waals surface area (Å²) < 4.78 is 10.2. The van der Waals surface area contributed by atoms with Gasteiger partial charge in [0.05, 0.1) is 31.5 Å². The van der Waals surface area contributed by atoms with Gasteiger partial charge in [-0.25, -0.2) is 4.98 Å². The van der Waals surface area contributed by atoms with Gasteiger partial charge in [-0.3, -0.25) is 4.79 Å². The van der Waals surface area contributed by atoms with Crippen molar-refractivity contribution in [2.75, 3.05) is 31.7 Å². The highest BCUT2D eigenvalue weighted by Gasteiger charge is 2.29. The van der Waals surface area contributed by atoms with Crippen molar-refractivity contribution in [1.29, 1.82) is 0 Å². The first-order valence-corrected chi connectivity index (χ1v) is 7.57. The molecule has 5 nitrogen and oxygen atoms in total. The third-order valence-corrected chi connectivity index (χ3v) is 4.20. The average molecular weight is 292 g/mol. The molecule has 1 aliphatic heterocycles. The van der Waals surface area contributed by atoms with Gasteiger partial charge in [-0.05, 0) is 31.7 Å². The van der Waals surface area contributed by atoms with Crippen LogP contribution in [0.15, 0.2) is 18.3 Å². The monoisotopic (exact) mass is 292 g/mol. The van der Waals surface area contributed by atoms with Gasteiger partial charge in [0.1, 0.15) is 0 Å². The molecule has 116 valence electrons. The first kappa shape index (κ1) is 15.6. The van der Waals surface area contributed by atoms with Crippen LogP contribution >= 0.6 is 0 Å². The molecule has 2 heterocycles. The fourth-order valence-corrected chi connectivity index (χ4v) is 2.80. The Kier molecular flexibility index (Phi) is 5.42. The lowest BCUT2D eigenvalue weighted by Gasteiger charge is -2.35. The maximum Gasteiger partial charge on any atom is 0.308 e. The molecule has 21 heavy (non-hydrogen) atoms. The molecule has 1 aromatic heterocycles. The number of hydrogen-bond donors (Lipinski definition) is 0. The lowest BCUT2D eigenvalue weighted by molar-refractivity contribution is -0.149. The van der Waals surface area contributed by atoms with E-state index in [0.717, 1.165) is 31.6 Å². The Balaban J connectivity index is 1.88. The first-order chi connectivity index (χ1) is 10.2. The number of ether oxygens (including phenoxy) is 2. The number of esters is 1. The summed E-state index contributed by atoms with van der Waals surface area (Å²) in [6.45, 7) is 6.18. The zero-order valence-corrected chi connectivity index (χ0v) is 13.0. The molecule has 1 saturated heterocycles. The molecule has 0 amide bonds. The van der Waals surface area contributed by atoms with Gasteiger partial charge in [0.25, 0.3) is 0 Å². The van der Waals surface area contributed by atoms with Gasteiger partial charge in [-0.15, -0.1) is 0 Å². The van der Waals surface area contributed by atoms with Crippen LogP contribution in [0.25, 0.3) is 0 Å². The van der Waals surface area contributed by atoms with E-state index < -0.39 is 0 Å². The fourth-order valence-electron chi connectivity index (χ4n) is 2.80. The molecule has 0 radical (unpaired) electrons. The molecule has 0 aromatic carbocycles. The Morgan fingerprint density at radius 3 is 2.67 bits per heavy atom. The molecule has 1 atom stereocenters. The molecule has 0 aliphatic carbocycles. The van der Waals surface area contributed by atoms with E-state index in [0.29, 0.717) is 18.4 Å². The second-order valence-electron chi connectivity index (χ2n) is 5.42. The van der Waals surface area contributed by atoms with E-state index >= 15 is 0 Å². The minimum Gasteiger partial charge on any atom is -0.481 e. The van der Waals surface area contributed by atoms with Gasteiger partial charge in [-0.1, -0.05) is 6.92 Å². The SMILES string of the molecule is CCOC(=O)C(C)C1CCN(c2ccc(OC)nc2)CC1. The van der Waals surface area contributed by atoms with E-state index in [9.17, 15) is 4.79 Å². The first-order valence-electron chi connectivity index (χ1n) is 7.57. The highest BCUT2D eigenvalue weighted by molar-refractivity contribution is 5.72. The summed E-state index contributed by atoms with van der Waals surface area (Å²) in [5, 5.41) is 0. The predicted octanol–water partition coefficient (Wildman–Crippen LogP) is 2.51. The number of rotatable bonds is 5. The van der Waals surface area contributed by atoms with Gasteiger partial charge < -0.3 is 14.4 Å². The number of hydrogen-bond acceptors (Lipinski definition) is 5. The zero-order valence-electron chi connectivity index (χ0n) is 13.0. The van der Waals surface area contributed by atoms with Crippen LogP contribution in [0.1, 0.15) is 26.7 Å². The third-order valence-electron chi connectivity index (χ3n) is 4.20. The Morgan fingerprint density at radius 2 is 2.14 bits per heavy atom. The average Bonchev–Trinajstić information content (AvgIpc) is 2.54. The smallest absolute Gasteiger partial charge is 0.308 e. The second-order valence-corrected chi connectivity index (χ2v) is 5.42. The number of methoxy groups -OCH3 is 1. The Bertz CT molecular complexity index is 453. The molecule has 0 bridgehead atoms. The largest absolute Gasteiger partial charge is 0.481 e. The van der Waals surface area contributed by atoms with Gasteiger partial charge in [-0.2, -0.15) is 0 Å². The van der Waals surface area contributed by atoms with Crippen LogP contribution in [0.5, 0.6) is 5.88 Å². The summed E-state index contributed by atoms with van der Waals surface area (Å²) in [4.78, 5) is 18.4. The van der Waals surface area contributed by atoms with E-state index in [1.54, 1.807) is 7.11 Å². The van der Waals surface area contributed by atoms with Crippen LogP contribution < -0.4 is 9.64 Å². The molecule has 1 fully saturated rings. The van der Waals surface area contributed by atoms with Crippen molar-refractivity contribution in [2.24, 2.45) is 11.8 Å². The lowest BCUT2D eigenvalue weighted by Crippen LogP contribution is -2.37. The Hall–Kier alpha value is -1.78. The highest BCUT2D eigenvalue weighted by Crippen LogP contribution is 2.28. The Labute approximate surface area is 126 Å². The molecule has 5 heteroatoms. The van der Waals surface area contributed by atoms with Gasteiger partial charge >= 0.3 is 5.97 Å². The minimum atomic E-state index is -0.0675.